The minimum Gasteiger partial charge on any atom is -0.507 e. The van der Waals surface area contributed by atoms with E-state index in [0.29, 0.717) is 10.5 Å². The van der Waals surface area contributed by atoms with Gasteiger partial charge in [0.25, 0.3) is 5.91 Å². The van der Waals surface area contributed by atoms with Crippen LogP contribution in [0.5, 0.6) is 5.75 Å². The number of carboxylic acids is 1. The van der Waals surface area contributed by atoms with E-state index >= 15 is 0 Å². The molecule has 0 aromatic heterocycles. The number of aromatic carboxylic acids is 1. The van der Waals surface area contributed by atoms with Crippen LogP contribution in [0.25, 0.3) is 6.08 Å². The summed E-state index contributed by atoms with van der Waals surface area (Å²) in [6.45, 7) is 1.49. The molecule has 2 amide bonds. The number of carboxylic acid groups (broad SMARTS) is 1. The molecule has 7 nitrogen and oxygen atoms in total. The van der Waals surface area contributed by atoms with Gasteiger partial charge >= 0.3 is 5.97 Å². The molecule has 0 spiro atoms. The van der Waals surface area contributed by atoms with Crippen molar-refractivity contribution in [2.45, 2.75) is 13.0 Å². The molecule has 1 unspecified atom stereocenters. The van der Waals surface area contributed by atoms with Crippen molar-refractivity contribution in [2.75, 3.05) is 5.32 Å². The Hall–Kier alpha value is -3.24. The predicted molar refractivity (Wildman–Crippen MR) is 115 cm³/mol. The summed E-state index contributed by atoms with van der Waals surface area (Å²) in [6, 6.07) is 8.21. The molecule has 2 aromatic carbocycles. The highest BCUT2D eigenvalue weighted by atomic mass is 32.2. The van der Waals surface area contributed by atoms with Crippen LogP contribution >= 0.6 is 24.0 Å². The van der Waals surface area contributed by atoms with Gasteiger partial charge in [-0.1, -0.05) is 36.1 Å². The zero-order valence-corrected chi connectivity index (χ0v) is 17.1. The van der Waals surface area contributed by atoms with Gasteiger partial charge in [0.1, 0.15) is 27.5 Å². The Kier molecular flexibility index (Phi) is 6.18. The number of amides is 2. The summed E-state index contributed by atoms with van der Waals surface area (Å²) in [5.74, 6) is -3.23. The molecule has 10 heteroatoms. The van der Waals surface area contributed by atoms with Crippen LogP contribution in [0.4, 0.5) is 10.1 Å². The molecule has 1 aliphatic rings. The highest BCUT2D eigenvalue weighted by molar-refractivity contribution is 8.26. The van der Waals surface area contributed by atoms with Crippen molar-refractivity contribution in [1.82, 2.24) is 4.90 Å². The first-order chi connectivity index (χ1) is 14.2. The van der Waals surface area contributed by atoms with E-state index in [4.69, 9.17) is 17.3 Å². The van der Waals surface area contributed by atoms with E-state index in [1.165, 1.54) is 37.3 Å². The van der Waals surface area contributed by atoms with Crippen molar-refractivity contribution < 1.29 is 29.0 Å². The van der Waals surface area contributed by atoms with E-state index < -0.39 is 35.4 Å². The number of rotatable bonds is 5. The molecule has 1 atom stereocenters. The molecular formula is C20H15FN2O5S2. The normalized spacial score (nSPS) is 16.1. The molecule has 0 bridgehead atoms. The van der Waals surface area contributed by atoms with Gasteiger partial charge in [-0.2, -0.15) is 0 Å². The second-order valence-electron chi connectivity index (χ2n) is 6.31. The Balaban J connectivity index is 1.75. The average molecular weight is 446 g/mol. The van der Waals surface area contributed by atoms with Crippen LogP contribution in [0.15, 0.2) is 47.4 Å². The molecule has 1 fully saturated rings. The minimum absolute atomic E-state index is 0.168. The van der Waals surface area contributed by atoms with Gasteiger partial charge < -0.3 is 15.5 Å². The van der Waals surface area contributed by atoms with Gasteiger partial charge in [0.05, 0.1) is 4.91 Å². The Morgan fingerprint density at radius 2 is 1.90 bits per heavy atom. The number of phenols is 1. The number of halogens is 1. The monoisotopic (exact) mass is 446 g/mol. The van der Waals surface area contributed by atoms with Gasteiger partial charge in [-0.15, -0.1) is 0 Å². The third-order valence-electron chi connectivity index (χ3n) is 4.25. The lowest BCUT2D eigenvalue weighted by Crippen LogP contribution is -2.44. The number of thioether (sulfide) groups is 1. The first-order valence-corrected chi connectivity index (χ1v) is 9.79. The molecular weight excluding hydrogens is 431 g/mol. The van der Waals surface area contributed by atoms with Crippen LogP contribution in [0.2, 0.25) is 0 Å². The van der Waals surface area contributed by atoms with Crippen molar-refractivity contribution in [2.24, 2.45) is 0 Å². The van der Waals surface area contributed by atoms with Gasteiger partial charge in [0, 0.05) is 11.8 Å². The first kappa shape index (κ1) is 21.5. The van der Waals surface area contributed by atoms with Crippen molar-refractivity contribution in [3.8, 4) is 5.75 Å². The maximum absolute atomic E-state index is 13.1. The molecule has 0 saturated carbocycles. The van der Waals surface area contributed by atoms with Gasteiger partial charge in [-0.3, -0.25) is 14.5 Å². The van der Waals surface area contributed by atoms with Crippen molar-refractivity contribution in [1.29, 1.82) is 0 Å². The third kappa shape index (κ3) is 4.50. The van der Waals surface area contributed by atoms with E-state index in [1.54, 1.807) is 6.08 Å². The van der Waals surface area contributed by atoms with E-state index in [9.17, 15) is 23.9 Å². The molecule has 1 saturated heterocycles. The van der Waals surface area contributed by atoms with Gasteiger partial charge in [0.2, 0.25) is 5.91 Å². The Morgan fingerprint density at radius 3 is 2.50 bits per heavy atom. The highest BCUT2D eigenvalue weighted by Gasteiger charge is 2.38. The van der Waals surface area contributed by atoms with E-state index in [-0.39, 0.29) is 15.6 Å². The largest absolute Gasteiger partial charge is 0.507 e. The molecule has 0 radical (unpaired) electrons. The predicted octanol–water partition coefficient (Wildman–Crippen LogP) is 3.46. The number of benzene rings is 2. The lowest BCUT2D eigenvalue weighted by Gasteiger charge is -2.22. The SMILES string of the molecule is CC(C(=O)Nc1ccc(C(=O)O)c(O)c1)N1C(=O)/C(=C\c2ccc(F)cc2)SC1=S. The summed E-state index contributed by atoms with van der Waals surface area (Å²) >= 11 is 6.27. The molecule has 30 heavy (non-hydrogen) atoms. The van der Waals surface area contributed by atoms with Crippen LogP contribution in [0.3, 0.4) is 0 Å². The maximum Gasteiger partial charge on any atom is 0.339 e. The fourth-order valence-electron chi connectivity index (χ4n) is 2.68. The van der Waals surface area contributed by atoms with Gasteiger partial charge in [-0.25, -0.2) is 9.18 Å². The smallest absolute Gasteiger partial charge is 0.339 e. The number of nitrogens with zero attached hydrogens (tertiary/aromatic N) is 1. The van der Waals surface area contributed by atoms with E-state index in [0.717, 1.165) is 28.8 Å². The summed E-state index contributed by atoms with van der Waals surface area (Å²) in [5, 5.41) is 21.2. The molecule has 154 valence electrons. The molecule has 3 rings (SSSR count). The standard InChI is InChI=1S/C20H15FN2O5S2/c1-10(17(25)22-13-6-7-14(19(27)28)15(24)9-13)23-18(26)16(30-20(23)29)8-11-2-4-12(21)5-3-11/h2-10,24H,1H3,(H,22,25)(H,27,28)/b16-8+. The molecule has 0 aliphatic carbocycles. The minimum atomic E-state index is -1.30. The first-order valence-electron chi connectivity index (χ1n) is 8.57. The average Bonchev–Trinajstić information content (AvgIpc) is 2.96. The van der Waals surface area contributed by atoms with Gasteiger partial charge in [0.15, 0.2) is 0 Å². The second kappa shape index (κ2) is 8.64. The summed E-state index contributed by atoms with van der Waals surface area (Å²) in [4.78, 5) is 37.8. The van der Waals surface area contributed by atoms with Gasteiger partial charge in [-0.05, 0) is 42.8 Å². The fourth-order valence-corrected chi connectivity index (χ4v) is 4.10. The zero-order valence-electron chi connectivity index (χ0n) is 15.5. The van der Waals surface area contributed by atoms with Crippen LogP contribution < -0.4 is 5.32 Å². The number of anilines is 1. The summed E-state index contributed by atoms with van der Waals surface area (Å²) in [7, 11) is 0. The maximum atomic E-state index is 13.1. The Labute approximate surface area is 180 Å². The van der Waals surface area contributed by atoms with E-state index in [1.807, 2.05) is 0 Å². The Morgan fingerprint density at radius 1 is 1.23 bits per heavy atom. The number of hydrogen-bond donors (Lipinski definition) is 3. The number of thiocarbonyl (C=S) groups is 1. The number of hydrogen-bond acceptors (Lipinski definition) is 6. The summed E-state index contributed by atoms with van der Waals surface area (Å²) in [5.41, 5.74) is 0.480. The van der Waals surface area contributed by atoms with Crippen LogP contribution in [0.1, 0.15) is 22.8 Å². The Bertz CT molecular complexity index is 1090. The zero-order chi connectivity index (χ0) is 22.0. The molecule has 3 N–H and O–H groups in total. The lowest BCUT2D eigenvalue weighted by atomic mass is 10.1. The number of carbonyl (C=O) groups is 3. The molecule has 2 aromatic rings. The van der Waals surface area contributed by atoms with Crippen LogP contribution in [0, 0.1) is 5.82 Å². The number of aromatic hydroxyl groups is 1. The van der Waals surface area contributed by atoms with Crippen LogP contribution in [-0.4, -0.2) is 43.3 Å². The fraction of sp³-hybridized carbons (Fsp3) is 0.100. The second-order valence-corrected chi connectivity index (χ2v) is 7.98. The van der Waals surface area contributed by atoms with E-state index in [2.05, 4.69) is 5.32 Å². The van der Waals surface area contributed by atoms with Crippen molar-refractivity contribution in [3.63, 3.8) is 0 Å². The lowest BCUT2D eigenvalue weighted by molar-refractivity contribution is -0.129. The number of nitrogens with one attached hydrogen (secondary N) is 1. The quantitative estimate of drug-likeness (QED) is 0.477. The summed E-state index contributed by atoms with van der Waals surface area (Å²) in [6.07, 6.45) is 1.56. The number of carbonyl (C=O) groups excluding carboxylic acids is 2. The summed E-state index contributed by atoms with van der Waals surface area (Å²) < 4.78 is 13.2. The van der Waals surface area contributed by atoms with Crippen molar-refractivity contribution >= 4 is 57.8 Å². The third-order valence-corrected chi connectivity index (χ3v) is 5.58. The van der Waals surface area contributed by atoms with Crippen LogP contribution in [-0.2, 0) is 9.59 Å². The molecule has 1 aliphatic heterocycles. The highest BCUT2D eigenvalue weighted by Crippen LogP contribution is 2.34. The van der Waals surface area contributed by atoms with Crippen molar-refractivity contribution in [3.05, 3.63) is 64.3 Å². The topological polar surface area (TPSA) is 107 Å². The molecule has 1 heterocycles.